The molecule has 216 valence electrons. The quantitative estimate of drug-likeness (QED) is 0.505. The van der Waals surface area contributed by atoms with Crippen LogP contribution in [-0.4, -0.2) is 52.8 Å². The molecule has 2 aliphatic carbocycles. The molecule has 3 aliphatic rings. The molecule has 0 bridgehead atoms. The lowest BCUT2D eigenvalue weighted by Gasteiger charge is -2.38. The number of carbonyl (C=O) groups is 2. The van der Waals surface area contributed by atoms with Gasteiger partial charge in [0.25, 0.3) is 0 Å². The second kappa shape index (κ2) is 10.4. The van der Waals surface area contributed by atoms with Crippen molar-refractivity contribution in [1.82, 2.24) is 15.3 Å². The number of nitrogens with two attached hydrogens (primary N) is 2. The van der Waals surface area contributed by atoms with E-state index in [9.17, 15) is 9.59 Å². The van der Waals surface area contributed by atoms with E-state index in [0.717, 1.165) is 78.9 Å². The maximum atomic E-state index is 12.2. The summed E-state index contributed by atoms with van der Waals surface area (Å²) in [4.78, 5) is 35.5. The second-order valence-corrected chi connectivity index (χ2v) is 13.1. The lowest BCUT2D eigenvalue weighted by Crippen LogP contribution is -2.42. The molecular formula is C30H42N6O4. The first kappa shape index (κ1) is 28.0. The Morgan fingerprint density at radius 3 is 2.48 bits per heavy atom. The zero-order valence-corrected chi connectivity index (χ0v) is 24.3. The Balaban J connectivity index is 1.42. The van der Waals surface area contributed by atoms with Crippen LogP contribution in [0, 0.1) is 5.92 Å². The molecule has 1 aromatic heterocycles. The Hall–Kier alpha value is -3.56. The van der Waals surface area contributed by atoms with E-state index in [4.69, 9.17) is 20.9 Å². The standard InChI is InChI=1S/C30H42N6O4/c1-29(2,3)40-28(38)35-18-6-8-19(9-7-18)39-22-11-10-20-21(25(22)36-13-12-17(15-36)27(32)37)14-30(4,5)23-24(20)33-16-34-26(23)31/h10-11,16-19H,6-9,12-15H2,1-5H3,(H2,32,37)(H,35,38)(H2,31,33,34)/t17?,18-,19-. The highest BCUT2D eigenvalue weighted by Crippen LogP contribution is 2.50. The topological polar surface area (TPSA) is 146 Å². The molecule has 1 saturated carbocycles. The van der Waals surface area contributed by atoms with Gasteiger partial charge in [0.1, 0.15) is 23.5 Å². The van der Waals surface area contributed by atoms with Crippen LogP contribution in [0.4, 0.5) is 16.3 Å². The largest absolute Gasteiger partial charge is 0.488 e. The number of nitrogen functional groups attached to an aromatic ring is 1. The first-order chi connectivity index (χ1) is 18.8. The molecular weight excluding hydrogens is 508 g/mol. The average molecular weight is 551 g/mol. The van der Waals surface area contributed by atoms with Crippen molar-refractivity contribution >= 4 is 23.5 Å². The average Bonchev–Trinajstić information content (AvgIpc) is 3.34. The summed E-state index contributed by atoms with van der Waals surface area (Å²) in [5.74, 6) is 0.861. The van der Waals surface area contributed by atoms with E-state index < -0.39 is 5.60 Å². The molecule has 1 atom stereocenters. The van der Waals surface area contributed by atoms with Gasteiger partial charge in [0, 0.05) is 30.3 Å². The van der Waals surface area contributed by atoms with E-state index in [-0.39, 0.29) is 35.5 Å². The number of amides is 2. The number of carbonyl (C=O) groups excluding carboxylic acids is 2. The number of fused-ring (bicyclic) bond motifs is 3. The first-order valence-electron chi connectivity index (χ1n) is 14.3. The minimum absolute atomic E-state index is 0.0184. The van der Waals surface area contributed by atoms with Crippen molar-refractivity contribution in [2.24, 2.45) is 11.7 Å². The Bertz CT molecular complexity index is 1300. The van der Waals surface area contributed by atoms with E-state index in [0.29, 0.717) is 12.4 Å². The van der Waals surface area contributed by atoms with Gasteiger partial charge < -0.3 is 31.2 Å². The number of primary amides is 1. The zero-order chi connectivity index (χ0) is 28.8. The number of hydrogen-bond acceptors (Lipinski definition) is 8. The summed E-state index contributed by atoms with van der Waals surface area (Å²) in [6.45, 7) is 11.2. The highest BCUT2D eigenvalue weighted by molar-refractivity contribution is 5.84. The monoisotopic (exact) mass is 550 g/mol. The van der Waals surface area contributed by atoms with E-state index in [1.807, 2.05) is 26.8 Å². The summed E-state index contributed by atoms with van der Waals surface area (Å²) in [5, 5.41) is 3.00. The number of nitrogens with zero attached hydrogens (tertiary/aromatic N) is 3. The molecule has 1 aromatic carbocycles. The predicted molar refractivity (Wildman–Crippen MR) is 154 cm³/mol. The van der Waals surface area contributed by atoms with Crippen LogP contribution in [0.15, 0.2) is 18.5 Å². The van der Waals surface area contributed by atoms with Crippen molar-refractivity contribution in [3.63, 3.8) is 0 Å². The molecule has 10 heteroatoms. The van der Waals surface area contributed by atoms with E-state index in [2.05, 4.69) is 40.1 Å². The third kappa shape index (κ3) is 5.67. The van der Waals surface area contributed by atoms with Gasteiger partial charge in [-0.3, -0.25) is 4.79 Å². The van der Waals surface area contributed by atoms with E-state index >= 15 is 0 Å². The van der Waals surface area contributed by atoms with E-state index in [1.165, 1.54) is 6.33 Å². The van der Waals surface area contributed by atoms with Crippen molar-refractivity contribution in [1.29, 1.82) is 0 Å². The van der Waals surface area contributed by atoms with Gasteiger partial charge in [-0.1, -0.05) is 13.8 Å². The first-order valence-corrected chi connectivity index (χ1v) is 14.3. The van der Waals surface area contributed by atoms with Crippen LogP contribution in [0.2, 0.25) is 0 Å². The van der Waals surface area contributed by atoms with Gasteiger partial charge in [-0.05, 0) is 82.4 Å². The number of hydrogen-bond donors (Lipinski definition) is 3. The van der Waals surface area contributed by atoms with Crippen molar-refractivity contribution in [3.8, 4) is 17.0 Å². The van der Waals surface area contributed by atoms with Crippen LogP contribution in [0.5, 0.6) is 5.75 Å². The fourth-order valence-corrected chi connectivity index (χ4v) is 6.43. The molecule has 1 saturated heterocycles. The van der Waals surface area contributed by atoms with E-state index in [1.54, 1.807) is 0 Å². The predicted octanol–water partition coefficient (Wildman–Crippen LogP) is 4.09. The molecule has 2 heterocycles. The summed E-state index contributed by atoms with van der Waals surface area (Å²) in [6, 6.07) is 4.17. The third-order valence-corrected chi connectivity index (χ3v) is 8.27. The molecule has 2 aromatic rings. The fourth-order valence-electron chi connectivity index (χ4n) is 6.43. The molecule has 2 fully saturated rings. The molecule has 10 nitrogen and oxygen atoms in total. The third-order valence-electron chi connectivity index (χ3n) is 8.27. The van der Waals surface area contributed by atoms with Crippen molar-refractivity contribution in [2.45, 2.75) is 96.3 Å². The Labute approximate surface area is 236 Å². The fraction of sp³-hybridized carbons (Fsp3) is 0.600. The number of ether oxygens (including phenoxy) is 2. The van der Waals surface area contributed by atoms with Crippen molar-refractivity contribution < 1.29 is 19.1 Å². The number of anilines is 2. The van der Waals surface area contributed by atoms with Gasteiger partial charge in [-0.25, -0.2) is 14.8 Å². The van der Waals surface area contributed by atoms with Crippen LogP contribution in [0.3, 0.4) is 0 Å². The highest BCUT2D eigenvalue weighted by Gasteiger charge is 2.39. The minimum Gasteiger partial charge on any atom is -0.488 e. The number of alkyl carbamates (subject to hydrolysis) is 1. The van der Waals surface area contributed by atoms with Gasteiger partial charge in [-0.2, -0.15) is 0 Å². The normalized spacial score (nSPS) is 23.6. The second-order valence-electron chi connectivity index (χ2n) is 13.1. The number of benzene rings is 1. The Kier molecular flexibility index (Phi) is 7.31. The molecule has 1 aliphatic heterocycles. The van der Waals surface area contributed by atoms with Gasteiger partial charge in [-0.15, -0.1) is 0 Å². The molecule has 5 rings (SSSR count). The SMILES string of the molecule is CC(C)(C)OC(=O)N[C@H]1CC[C@H](Oc2ccc3c(c2N2CCC(C(N)=O)C2)CC(C)(C)c2c(N)ncnc2-3)CC1. The van der Waals surface area contributed by atoms with Crippen LogP contribution < -0.4 is 26.4 Å². The van der Waals surface area contributed by atoms with Gasteiger partial charge in [0.15, 0.2) is 0 Å². The summed E-state index contributed by atoms with van der Waals surface area (Å²) < 4.78 is 12.1. The van der Waals surface area contributed by atoms with Gasteiger partial charge in [0.05, 0.1) is 23.4 Å². The summed E-state index contributed by atoms with van der Waals surface area (Å²) in [6.07, 6.45) is 5.88. The van der Waals surface area contributed by atoms with Crippen molar-refractivity contribution in [2.75, 3.05) is 23.7 Å². The van der Waals surface area contributed by atoms with Crippen LogP contribution in [-0.2, 0) is 21.4 Å². The summed E-state index contributed by atoms with van der Waals surface area (Å²) in [5.41, 5.74) is 16.2. The number of aromatic nitrogens is 2. The summed E-state index contributed by atoms with van der Waals surface area (Å²) in [7, 11) is 0. The molecule has 2 amide bonds. The number of nitrogens with one attached hydrogen (secondary N) is 1. The molecule has 0 spiro atoms. The highest BCUT2D eigenvalue weighted by atomic mass is 16.6. The maximum absolute atomic E-state index is 12.2. The lowest BCUT2D eigenvalue weighted by atomic mass is 9.71. The maximum Gasteiger partial charge on any atom is 0.407 e. The number of rotatable bonds is 5. The molecule has 1 unspecified atom stereocenters. The Morgan fingerprint density at radius 1 is 1.10 bits per heavy atom. The minimum atomic E-state index is -0.525. The van der Waals surface area contributed by atoms with Crippen LogP contribution >= 0.6 is 0 Å². The molecule has 5 N–H and O–H groups in total. The van der Waals surface area contributed by atoms with Gasteiger partial charge in [0.2, 0.25) is 5.91 Å². The van der Waals surface area contributed by atoms with Crippen molar-refractivity contribution in [3.05, 3.63) is 29.6 Å². The smallest absolute Gasteiger partial charge is 0.407 e. The zero-order valence-electron chi connectivity index (χ0n) is 24.3. The Morgan fingerprint density at radius 2 is 1.82 bits per heavy atom. The van der Waals surface area contributed by atoms with Crippen LogP contribution in [0.1, 0.15) is 77.8 Å². The molecule has 40 heavy (non-hydrogen) atoms. The lowest BCUT2D eigenvalue weighted by molar-refractivity contribution is -0.121. The van der Waals surface area contributed by atoms with Gasteiger partial charge >= 0.3 is 6.09 Å². The molecule has 0 radical (unpaired) electrons. The van der Waals surface area contributed by atoms with Crippen LogP contribution in [0.25, 0.3) is 11.3 Å². The summed E-state index contributed by atoms with van der Waals surface area (Å²) >= 11 is 0.